The third-order valence-electron chi connectivity index (χ3n) is 5.04. The summed E-state index contributed by atoms with van der Waals surface area (Å²) in [5.74, 6) is 0. The highest BCUT2D eigenvalue weighted by Gasteiger charge is 2.36. The van der Waals surface area contributed by atoms with Gasteiger partial charge in [0.1, 0.15) is 5.60 Å². The molecule has 0 aliphatic heterocycles. The Morgan fingerprint density at radius 3 is 1.08 bits per heavy atom. The minimum Gasteiger partial charge on any atom is -0.379 e. The summed E-state index contributed by atoms with van der Waals surface area (Å²) in [7, 11) is 0. The van der Waals surface area contributed by atoms with Crippen LogP contribution in [0.25, 0.3) is 0 Å². The average molecular weight is 340 g/mol. The van der Waals surface area contributed by atoms with Crippen LogP contribution in [0.2, 0.25) is 0 Å². The summed E-state index contributed by atoms with van der Waals surface area (Å²) in [6.45, 7) is 15.0. The molecule has 2 rings (SSSR count). The quantitative estimate of drug-likeness (QED) is 0.838. The number of hydrogen-bond acceptors (Lipinski definition) is 2. The van der Waals surface area contributed by atoms with E-state index in [1.165, 1.54) is 11.1 Å². The Balaban J connectivity index is 2.48. The smallest absolute Gasteiger partial charge is 0.129 e. The molecular formula is C23H33NO. The first-order chi connectivity index (χ1) is 11.4. The van der Waals surface area contributed by atoms with E-state index < -0.39 is 11.6 Å². The second-order valence-electron chi connectivity index (χ2n) is 9.21. The molecule has 0 amide bonds. The number of hydrogen-bond donors (Lipinski definition) is 2. The van der Waals surface area contributed by atoms with Gasteiger partial charge in [0.05, 0.1) is 0 Å². The van der Waals surface area contributed by atoms with Gasteiger partial charge >= 0.3 is 0 Å². The highest BCUT2D eigenvalue weighted by atomic mass is 16.3. The molecule has 0 aromatic heterocycles. The van der Waals surface area contributed by atoms with Gasteiger partial charge in [-0.05, 0) is 40.0 Å². The van der Waals surface area contributed by atoms with Crippen LogP contribution >= 0.6 is 0 Å². The molecule has 0 fully saturated rings. The summed E-state index contributed by atoms with van der Waals surface area (Å²) >= 11 is 0. The number of aliphatic hydroxyl groups is 1. The zero-order valence-electron chi connectivity index (χ0n) is 16.7. The summed E-state index contributed by atoms with van der Waals surface area (Å²) in [6, 6.07) is 15.9. The molecule has 0 aliphatic rings. The number of benzene rings is 2. The van der Waals surface area contributed by atoms with Gasteiger partial charge in [0, 0.05) is 6.04 Å². The van der Waals surface area contributed by atoms with E-state index in [1.807, 2.05) is 31.2 Å². The van der Waals surface area contributed by atoms with Gasteiger partial charge in [-0.15, -0.1) is 0 Å². The van der Waals surface area contributed by atoms with Crippen molar-refractivity contribution in [2.45, 2.75) is 70.9 Å². The molecule has 0 saturated carbocycles. The van der Waals surface area contributed by atoms with E-state index >= 15 is 0 Å². The Morgan fingerprint density at radius 2 is 0.880 bits per heavy atom. The normalized spacial score (nSPS) is 14.4. The SMILES string of the molecule is C[C@H](N)C(O)(c1ccc(C(C)(C)C)cc1)c1ccc(C(C)(C)C)cc1. The van der Waals surface area contributed by atoms with E-state index in [2.05, 4.69) is 65.8 Å². The van der Waals surface area contributed by atoms with E-state index in [0.29, 0.717) is 0 Å². The van der Waals surface area contributed by atoms with E-state index in [0.717, 1.165) is 11.1 Å². The van der Waals surface area contributed by atoms with Crippen LogP contribution in [-0.4, -0.2) is 11.1 Å². The first kappa shape index (κ1) is 19.7. The first-order valence-electron chi connectivity index (χ1n) is 9.07. The zero-order valence-corrected chi connectivity index (χ0v) is 16.7. The van der Waals surface area contributed by atoms with Crippen LogP contribution < -0.4 is 5.73 Å². The Morgan fingerprint density at radius 1 is 0.640 bits per heavy atom. The molecule has 0 saturated heterocycles. The highest BCUT2D eigenvalue weighted by Crippen LogP contribution is 2.35. The molecule has 0 unspecified atom stereocenters. The van der Waals surface area contributed by atoms with Gasteiger partial charge in [-0.2, -0.15) is 0 Å². The van der Waals surface area contributed by atoms with Crippen molar-refractivity contribution >= 4 is 0 Å². The minimum absolute atomic E-state index is 0.0827. The van der Waals surface area contributed by atoms with Crippen molar-refractivity contribution in [1.82, 2.24) is 0 Å². The predicted molar refractivity (Wildman–Crippen MR) is 107 cm³/mol. The Labute approximate surface area is 153 Å². The second kappa shape index (κ2) is 6.59. The maximum atomic E-state index is 11.5. The van der Waals surface area contributed by atoms with Crippen LogP contribution in [0.15, 0.2) is 48.5 Å². The molecule has 0 radical (unpaired) electrons. The Hall–Kier alpha value is -1.64. The molecule has 2 nitrogen and oxygen atoms in total. The molecule has 0 bridgehead atoms. The van der Waals surface area contributed by atoms with Crippen molar-refractivity contribution in [2.24, 2.45) is 5.73 Å². The average Bonchev–Trinajstić information content (AvgIpc) is 2.52. The summed E-state index contributed by atoms with van der Waals surface area (Å²) in [4.78, 5) is 0. The summed E-state index contributed by atoms with van der Waals surface area (Å²) in [5.41, 5.74) is 9.35. The Kier molecular flexibility index (Phi) is 5.18. The van der Waals surface area contributed by atoms with Gasteiger partial charge < -0.3 is 10.8 Å². The van der Waals surface area contributed by atoms with Crippen LogP contribution in [0, 0.1) is 0 Å². The van der Waals surface area contributed by atoms with Gasteiger partial charge in [0.2, 0.25) is 0 Å². The second-order valence-corrected chi connectivity index (χ2v) is 9.21. The molecule has 1 atom stereocenters. The summed E-state index contributed by atoms with van der Waals surface area (Å²) in [5, 5.41) is 11.5. The fraction of sp³-hybridized carbons (Fsp3) is 0.478. The van der Waals surface area contributed by atoms with Crippen molar-refractivity contribution in [1.29, 1.82) is 0 Å². The standard InChI is InChI=1S/C23H33NO/c1-16(24)23(25,19-12-8-17(9-13-19)21(2,3)4)20-14-10-18(11-15-20)22(5,6)7/h8-16,25H,24H2,1-7H3/t16-/m0/s1. The van der Waals surface area contributed by atoms with E-state index in [9.17, 15) is 5.11 Å². The lowest BCUT2D eigenvalue weighted by atomic mass is 9.78. The van der Waals surface area contributed by atoms with Crippen molar-refractivity contribution < 1.29 is 5.11 Å². The van der Waals surface area contributed by atoms with Crippen molar-refractivity contribution in [3.63, 3.8) is 0 Å². The Bertz CT molecular complexity index is 640. The highest BCUT2D eigenvalue weighted by molar-refractivity contribution is 5.41. The third kappa shape index (κ3) is 3.96. The monoisotopic (exact) mass is 339 g/mol. The maximum absolute atomic E-state index is 11.5. The lowest BCUT2D eigenvalue weighted by Crippen LogP contribution is -2.44. The van der Waals surface area contributed by atoms with Crippen molar-refractivity contribution in [3.05, 3.63) is 70.8 Å². The van der Waals surface area contributed by atoms with Crippen molar-refractivity contribution in [3.8, 4) is 0 Å². The molecule has 0 aliphatic carbocycles. The zero-order chi connectivity index (χ0) is 19.0. The van der Waals surface area contributed by atoms with Crippen LogP contribution in [0.3, 0.4) is 0 Å². The lowest BCUT2D eigenvalue weighted by Gasteiger charge is -2.34. The molecule has 3 N–H and O–H groups in total. The van der Waals surface area contributed by atoms with Crippen molar-refractivity contribution in [2.75, 3.05) is 0 Å². The first-order valence-corrected chi connectivity index (χ1v) is 9.07. The molecule has 2 aromatic carbocycles. The topological polar surface area (TPSA) is 46.2 Å². The largest absolute Gasteiger partial charge is 0.379 e. The van der Waals surface area contributed by atoms with E-state index in [1.54, 1.807) is 0 Å². The van der Waals surface area contributed by atoms with E-state index in [4.69, 9.17) is 5.73 Å². The third-order valence-corrected chi connectivity index (χ3v) is 5.04. The lowest BCUT2D eigenvalue weighted by molar-refractivity contribution is 0.0578. The maximum Gasteiger partial charge on any atom is 0.129 e. The fourth-order valence-corrected chi connectivity index (χ4v) is 3.14. The van der Waals surface area contributed by atoms with Crippen LogP contribution in [-0.2, 0) is 16.4 Å². The van der Waals surface area contributed by atoms with E-state index in [-0.39, 0.29) is 10.8 Å². The molecule has 25 heavy (non-hydrogen) atoms. The van der Waals surface area contributed by atoms with Crippen LogP contribution in [0.1, 0.15) is 70.7 Å². The van der Waals surface area contributed by atoms with Gasteiger partial charge in [-0.1, -0.05) is 90.1 Å². The molecular weight excluding hydrogens is 306 g/mol. The molecule has 136 valence electrons. The number of rotatable bonds is 3. The molecule has 2 heteroatoms. The molecule has 0 spiro atoms. The summed E-state index contributed by atoms with van der Waals surface area (Å²) < 4.78 is 0. The minimum atomic E-state index is -1.20. The van der Waals surface area contributed by atoms with Gasteiger partial charge in [-0.3, -0.25) is 0 Å². The van der Waals surface area contributed by atoms with Gasteiger partial charge in [0.25, 0.3) is 0 Å². The van der Waals surface area contributed by atoms with Crippen LogP contribution in [0.4, 0.5) is 0 Å². The fourth-order valence-electron chi connectivity index (χ4n) is 3.14. The summed E-state index contributed by atoms with van der Waals surface area (Å²) in [6.07, 6.45) is 0. The molecule has 0 heterocycles. The predicted octanol–water partition coefficient (Wildman–Crippen LogP) is 4.86. The van der Waals surface area contributed by atoms with Gasteiger partial charge in [-0.25, -0.2) is 0 Å². The number of nitrogens with two attached hydrogens (primary N) is 1. The van der Waals surface area contributed by atoms with Gasteiger partial charge in [0.15, 0.2) is 0 Å². The van der Waals surface area contributed by atoms with Crippen LogP contribution in [0.5, 0.6) is 0 Å². The molecule has 2 aromatic rings.